The van der Waals surface area contributed by atoms with Crippen molar-refractivity contribution in [1.82, 2.24) is 4.90 Å². The van der Waals surface area contributed by atoms with Crippen molar-refractivity contribution in [2.45, 2.75) is 32.4 Å². The van der Waals surface area contributed by atoms with Crippen LogP contribution < -0.4 is 5.73 Å². The fourth-order valence-corrected chi connectivity index (χ4v) is 2.08. The summed E-state index contributed by atoms with van der Waals surface area (Å²) in [4.78, 5) is 2.34. The highest BCUT2D eigenvalue weighted by molar-refractivity contribution is 4.88. The molecule has 1 saturated heterocycles. The molecule has 0 bridgehead atoms. The van der Waals surface area contributed by atoms with Crippen LogP contribution in [0.5, 0.6) is 0 Å². The Morgan fingerprint density at radius 1 is 1.50 bits per heavy atom. The molecule has 1 aliphatic rings. The molecule has 0 aromatic heterocycles. The lowest BCUT2D eigenvalue weighted by atomic mass is 10.1. The van der Waals surface area contributed by atoms with Crippen molar-refractivity contribution < 1.29 is 4.74 Å². The fourth-order valence-electron chi connectivity index (χ4n) is 2.08. The number of likely N-dealkylation sites (tertiary alicyclic amines) is 1. The normalized spacial score (nSPS) is 31.2. The molecule has 1 fully saturated rings. The zero-order chi connectivity index (χ0) is 9.03. The monoisotopic (exact) mass is 172 g/mol. The molecule has 1 rings (SSSR count). The van der Waals surface area contributed by atoms with Gasteiger partial charge in [-0.2, -0.15) is 0 Å². The van der Waals surface area contributed by atoms with E-state index in [-0.39, 0.29) is 5.72 Å². The average Bonchev–Trinajstić information content (AvgIpc) is 2.49. The van der Waals surface area contributed by atoms with E-state index < -0.39 is 0 Å². The average molecular weight is 172 g/mol. The molecule has 0 aromatic carbocycles. The SMILES string of the molecule is CCOC1(CN)CCCN1CC. The van der Waals surface area contributed by atoms with Crippen LogP contribution in [-0.2, 0) is 4.74 Å². The van der Waals surface area contributed by atoms with Gasteiger partial charge in [-0.1, -0.05) is 6.92 Å². The van der Waals surface area contributed by atoms with Crippen molar-refractivity contribution in [3.63, 3.8) is 0 Å². The van der Waals surface area contributed by atoms with Gasteiger partial charge in [0.2, 0.25) is 0 Å². The number of likely N-dealkylation sites (N-methyl/N-ethyl adjacent to an activating group) is 1. The number of rotatable bonds is 4. The van der Waals surface area contributed by atoms with Gasteiger partial charge in [-0.3, -0.25) is 4.90 Å². The first-order valence-electron chi connectivity index (χ1n) is 4.88. The molecular formula is C9H20N2O. The van der Waals surface area contributed by atoms with E-state index in [1.54, 1.807) is 0 Å². The van der Waals surface area contributed by atoms with Crippen molar-refractivity contribution in [2.24, 2.45) is 5.73 Å². The second-order valence-electron chi connectivity index (χ2n) is 3.27. The molecule has 0 spiro atoms. The lowest BCUT2D eigenvalue weighted by molar-refractivity contribution is -0.122. The highest BCUT2D eigenvalue weighted by Gasteiger charge is 2.39. The van der Waals surface area contributed by atoms with Crippen molar-refractivity contribution in [1.29, 1.82) is 0 Å². The summed E-state index contributed by atoms with van der Waals surface area (Å²) < 4.78 is 5.74. The van der Waals surface area contributed by atoms with Crippen molar-refractivity contribution in [3.8, 4) is 0 Å². The highest BCUT2D eigenvalue weighted by Crippen LogP contribution is 2.28. The third-order valence-corrected chi connectivity index (χ3v) is 2.69. The van der Waals surface area contributed by atoms with E-state index >= 15 is 0 Å². The van der Waals surface area contributed by atoms with Crippen LogP contribution in [0.1, 0.15) is 26.7 Å². The van der Waals surface area contributed by atoms with Gasteiger partial charge in [0.25, 0.3) is 0 Å². The molecule has 0 aromatic rings. The molecule has 1 aliphatic heterocycles. The zero-order valence-electron chi connectivity index (χ0n) is 8.18. The van der Waals surface area contributed by atoms with Gasteiger partial charge in [0.15, 0.2) is 0 Å². The summed E-state index contributed by atoms with van der Waals surface area (Å²) in [5.74, 6) is 0. The van der Waals surface area contributed by atoms with E-state index in [1.807, 2.05) is 6.92 Å². The summed E-state index contributed by atoms with van der Waals surface area (Å²) >= 11 is 0. The topological polar surface area (TPSA) is 38.5 Å². The number of nitrogens with zero attached hydrogens (tertiary/aromatic N) is 1. The first-order valence-corrected chi connectivity index (χ1v) is 4.88. The second kappa shape index (κ2) is 4.21. The molecule has 0 aliphatic carbocycles. The number of nitrogens with two attached hydrogens (primary N) is 1. The van der Waals surface area contributed by atoms with Crippen LogP contribution in [0.4, 0.5) is 0 Å². The Kier molecular flexibility index (Phi) is 3.50. The fraction of sp³-hybridized carbons (Fsp3) is 1.00. The molecule has 1 unspecified atom stereocenters. The summed E-state index contributed by atoms with van der Waals surface area (Å²) in [5, 5.41) is 0. The number of hydrogen-bond donors (Lipinski definition) is 1. The van der Waals surface area contributed by atoms with E-state index in [9.17, 15) is 0 Å². The van der Waals surface area contributed by atoms with E-state index in [1.165, 1.54) is 6.42 Å². The van der Waals surface area contributed by atoms with Gasteiger partial charge in [-0.25, -0.2) is 0 Å². The van der Waals surface area contributed by atoms with E-state index in [0.717, 1.165) is 26.1 Å². The predicted octanol–water partition coefficient (Wildman–Crippen LogP) is 0.794. The third kappa shape index (κ3) is 1.63. The summed E-state index contributed by atoms with van der Waals surface area (Å²) in [5.41, 5.74) is 5.62. The largest absolute Gasteiger partial charge is 0.359 e. The Labute approximate surface area is 74.9 Å². The van der Waals surface area contributed by atoms with Crippen LogP contribution in [0.3, 0.4) is 0 Å². The van der Waals surface area contributed by atoms with E-state index in [0.29, 0.717) is 6.54 Å². The van der Waals surface area contributed by atoms with Crippen LogP contribution in [0.15, 0.2) is 0 Å². The Bertz CT molecular complexity index is 140. The summed E-state index contributed by atoms with van der Waals surface area (Å²) in [6.07, 6.45) is 2.30. The minimum atomic E-state index is -0.135. The minimum absolute atomic E-state index is 0.135. The van der Waals surface area contributed by atoms with Gasteiger partial charge in [0.1, 0.15) is 5.72 Å². The van der Waals surface area contributed by atoms with E-state index in [2.05, 4.69) is 11.8 Å². The maximum atomic E-state index is 5.75. The van der Waals surface area contributed by atoms with Gasteiger partial charge < -0.3 is 10.5 Å². The van der Waals surface area contributed by atoms with Crippen LogP contribution >= 0.6 is 0 Å². The van der Waals surface area contributed by atoms with Gasteiger partial charge >= 0.3 is 0 Å². The van der Waals surface area contributed by atoms with Crippen LogP contribution in [0, 0.1) is 0 Å². The van der Waals surface area contributed by atoms with Gasteiger partial charge in [-0.15, -0.1) is 0 Å². The predicted molar refractivity (Wildman–Crippen MR) is 49.9 cm³/mol. The quantitative estimate of drug-likeness (QED) is 0.681. The molecule has 3 heteroatoms. The van der Waals surface area contributed by atoms with E-state index in [4.69, 9.17) is 10.5 Å². The first kappa shape index (κ1) is 9.96. The lowest BCUT2D eigenvalue weighted by Gasteiger charge is -2.36. The smallest absolute Gasteiger partial charge is 0.134 e. The molecule has 12 heavy (non-hydrogen) atoms. The zero-order valence-corrected chi connectivity index (χ0v) is 8.18. The Balaban J connectivity index is 2.61. The van der Waals surface area contributed by atoms with Crippen LogP contribution in [-0.4, -0.2) is 36.9 Å². The summed E-state index contributed by atoms with van der Waals surface area (Å²) in [6, 6.07) is 0. The molecule has 72 valence electrons. The van der Waals surface area contributed by atoms with Crippen LogP contribution in [0.25, 0.3) is 0 Å². The Hall–Kier alpha value is -0.120. The van der Waals surface area contributed by atoms with Crippen LogP contribution in [0.2, 0.25) is 0 Å². The maximum Gasteiger partial charge on any atom is 0.134 e. The van der Waals surface area contributed by atoms with Crippen molar-refractivity contribution >= 4 is 0 Å². The molecule has 1 atom stereocenters. The minimum Gasteiger partial charge on any atom is -0.359 e. The van der Waals surface area contributed by atoms with Gasteiger partial charge in [0.05, 0.1) is 0 Å². The third-order valence-electron chi connectivity index (χ3n) is 2.69. The molecule has 1 heterocycles. The van der Waals surface area contributed by atoms with Crippen molar-refractivity contribution in [2.75, 3.05) is 26.2 Å². The molecule has 0 saturated carbocycles. The number of ether oxygens (including phenoxy) is 1. The maximum absolute atomic E-state index is 5.75. The highest BCUT2D eigenvalue weighted by atomic mass is 16.5. The summed E-state index contributed by atoms with van der Waals surface area (Å²) in [6.45, 7) is 7.74. The first-order chi connectivity index (χ1) is 5.79. The Morgan fingerprint density at radius 3 is 2.75 bits per heavy atom. The number of hydrogen-bond acceptors (Lipinski definition) is 3. The molecular weight excluding hydrogens is 152 g/mol. The van der Waals surface area contributed by atoms with Gasteiger partial charge in [-0.05, 0) is 26.3 Å². The van der Waals surface area contributed by atoms with Gasteiger partial charge in [0, 0.05) is 19.7 Å². The molecule has 2 N–H and O–H groups in total. The second-order valence-corrected chi connectivity index (χ2v) is 3.27. The van der Waals surface area contributed by atoms with Crippen molar-refractivity contribution in [3.05, 3.63) is 0 Å². The standard InChI is InChI=1S/C9H20N2O/c1-3-11-7-5-6-9(11,8-10)12-4-2/h3-8,10H2,1-2H3. The Morgan fingerprint density at radius 2 is 2.25 bits per heavy atom. The lowest BCUT2D eigenvalue weighted by Crippen LogP contribution is -2.51. The molecule has 0 amide bonds. The summed E-state index contributed by atoms with van der Waals surface area (Å²) in [7, 11) is 0. The molecule has 0 radical (unpaired) electrons. The molecule has 3 nitrogen and oxygen atoms in total.